The minimum Gasteiger partial charge on any atom is -0.477 e. The molecule has 1 aliphatic carbocycles. The predicted molar refractivity (Wildman–Crippen MR) is 78.2 cm³/mol. The zero-order valence-electron chi connectivity index (χ0n) is 11.6. The molecule has 21 heavy (non-hydrogen) atoms. The van der Waals surface area contributed by atoms with Crippen molar-refractivity contribution in [1.82, 2.24) is 4.57 Å². The van der Waals surface area contributed by atoms with Crippen molar-refractivity contribution in [3.05, 3.63) is 45.2 Å². The van der Waals surface area contributed by atoms with Crippen molar-refractivity contribution in [2.45, 2.75) is 32.2 Å². The van der Waals surface area contributed by atoms with Crippen molar-refractivity contribution in [1.29, 1.82) is 0 Å². The highest BCUT2D eigenvalue weighted by Crippen LogP contribution is 2.34. The lowest BCUT2D eigenvalue weighted by Gasteiger charge is -2.30. The molecule has 1 aliphatic rings. The van der Waals surface area contributed by atoms with Crippen LogP contribution in [0, 0.1) is 6.92 Å². The van der Waals surface area contributed by atoms with Gasteiger partial charge in [0.2, 0.25) is 5.43 Å². The number of hydrogen-bond acceptors (Lipinski definition) is 3. The maximum absolute atomic E-state index is 12.3. The maximum Gasteiger partial charge on any atom is 0.341 e. The van der Waals surface area contributed by atoms with Gasteiger partial charge in [0, 0.05) is 23.2 Å². The molecule has 1 N–H and O–H groups in total. The van der Waals surface area contributed by atoms with Gasteiger partial charge in [0.05, 0.1) is 5.52 Å². The number of pyridine rings is 1. The molecule has 1 aromatic carbocycles. The third kappa shape index (κ3) is 1.96. The molecule has 0 atom stereocenters. The van der Waals surface area contributed by atoms with Crippen LogP contribution in [0.2, 0.25) is 0 Å². The van der Waals surface area contributed by atoms with Crippen LogP contribution in [-0.4, -0.2) is 21.9 Å². The minimum atomic E-state index is -1.23. The van der Waals surface area contributed by atoms with E-state index in [1.54, 1.807) is 16.7 Å². The number of aryl methyl sites for hydroxylation is 1. The summed E-state index contributed by atoms with van der Waals surface area (Å²) >= 11 is 0. The monoisotopic (exact) mass is 285 g/mol. The molecule has 1 saturated carbocycles. The van der Waals surface area contributed by atoms with Crippen molar-refractivity contribution in [2.24, 2.45) is 0 Å². The largest absolute Gasteiger partial charge is 0.477 e. The zero-order chi connectivity index (χ0) is 15.1. The van der Waals surface area contributed by atoms with E-state index in [2.05, 4.69) is 0 Å². The number of carboxylic acids is 1. The Labute approximate surface area is 120 Å². The van der Waals surface area contributed by atoms with E-state index in [-0.39, 0.29) is 11.6 Å². The lowest BCUT2D eigenvalue weighted by atomic mass is 9.91. The summed E-state index contributed by atoms with van der Waals surface area (Å²) in [6, 6.07) is 3.46. The average molecular weight is 285 g/mol. The maximum atomic E-state index is 12.3. The Hall–Kier alpha value is -2.43. The van der Waals surface area contributed by atoms with Gasteiger partial charge in [0.15, 0.2) is 6.29 Å². The SMILES string of the molecule is Cc1ccc2c(=O)c(C(=O)O)cn(C3CCC3)c2c1C=O. The van der Waals surface area contributed by atoms with Crippen LogP contribution in [0.5, 0.6) is 0 Å². The Morgan fingerprint density at radius 2 is 2.10 bits per heavy atom. The van der Waals surface area contributed by atoms with Crippen LogP contribution < -0.4 is 5.43 Å². The molecule has 0 bridgehead atoms. The number of benzene rings is 1. The molecule has 3 rings (SSSR count). The molecule has 5 heteroatoms. The van der Waals surface area contributed by atoms with E-state index in [0.717, 1.165) is 31.1 Å². The van der Waals surface area contributed by atoms with E-state index in [4.69, 9.17) is 0 Å². The Morgan fingerprint density at radius 3 is 2.62 bits per heavy atom. The molecule has 0 unspecified atom stereocenters. The molecule has 0 saturated heterocycles. The third-order valence-electron chi connectivity index (χ3n) is 4.27. The van der Waals surface area contributed by atoms with Crippen molar-refractivity contribution in [3.63, 3.8) is 0 Å². The summed E-state index contributed by atoms with van der Waals surface area (Å²) < 4.78 is 1.81. The number of fused-ring (bicyclic) bond motifs is 1. The zero-order valence-corrected chi connectivity index (χ0v) is 11.6. The Balaban J connectivity index is 2.48. The summed E-state index contributed by atoms with van der Waals surface area (Å²) in [5.41, 5.74) is 1.04. The molecule has 0 spiro atoms. The number of aromatic carboxylic acids is 1. The van der Waals surface area contributed by atoms with Crippen LogP contribution in [-0.2, 0) is 0 Å². The van der Waals surface area contributed by atoms with Gasteiger partial charge in [-0.2, -0.15) is 0 Å². The van der Waals surface area contributed by atoms with E-state index in [1.165, 1.54) is 6.20 Å². The normalized spacial score (nSPS) is 14.9. The van der Waals surface area contributed by atoms with E-state index in [1.807, 2.05) is 6.92 Å². The molecule has 5 nitrogen and oxygen atoms in total. The summed E-state index contributed by atoms with van der Waals surface area (Å²) in [7, 11) is 0. The van der Waals surface area contributed by atoms with Gasteiger partial charge in [0.1, 0.15) is 5.56 Å². The summed E-state index contributed by atoms with van der Waals surface area (Å²) in [6.07, 6.45) is 5.07. The molecular weight excluding hydrogens is 270 g/mol. The van der Waals surface area contributed by atoms with Crippen molar-refractivity contribution in [3.8, 4) is 0 Å². The first kappa shape index (κ1) is 13.5. The summed E-state index contributed by atoms with van der Waals surface area (Å²) in [5.74, 6) is -1.23. The van der Waals surface area contributed by atoms with Crippen LogP contribution in [0.25, 0.3) is 10.9 Å². The van der Waals surface area contributed by atoms with E-state index >= 15 is 0 Å². The first-order valence-electron chi connectivity index (χ1n) is 6.91. The highest BCUT2D eigenvalue weighted by Gasteiger charge is 2.25. The minimum absolute atomic E-state index is 0.159. The van der Waals surface area contributed by atoms with E-state index in [9.17, 15) is 19.5 Å². The molecule has 0 aliphatic heterocycles. The molecule has 1 aromatic heterocycles. The fourth-order valence-corrected chi connectivity index (χ4v) is 2.83. The Bertz CT molecular complexity index is 815. The van der Waals surface area contributed by atoms with Crippen molar-refractivity contribution in [2.75, 3.05) is 0 Å². The van der Waals surface area contributed by atoms with Crippen LogP contribution >= 0.6 is 0 Å². The Kier molecular flexibility index (Phi) is 3.12. The fraction of sp³-hybridized carbons (Fsp3) is 0.312. The molecular formula is C16H15NO4. The molecule has 0 amide bonds. The predicted octanol–water partition coefficient (Wildman–Crippen LogP) is 2.55. The molecule has 0 radical (unpaired) electrons. The number of aromatic nitrogens is 1. The van der Waals surface area contributed by atoms with Gasteiger partial charge in [-0.1, -0.05) is 6.07 Å². The van der Waals surface area contributed by atoms with Gasteiger partial charge >= 0.3 is 5.97 Å². The van der Waals surface area contributed by atoms with Crippen LogP contribution in [0.15, 0.2) is 23.1 Å². The number of aldehydes is 1. The standard InChI is InChI=1S/C16H15NO4/c1-9-5-6-11-14(13(9)8-18)17(10-3-2-4-10)7-12(15(11)19)16(20)21/h5-8,10H,2-4H2,1H3,(H,20,21). The molecule has 108 valence electrons. The van der Waals surface area contributed by atoms with Crippen LogP contribution in [0.3, 0.4) is 0 Å². The number of hydrogen-bond donors (Lipinski definition) is 1. The number of rotatable bonds is 3. The highest BCUT2D eigenvalue weighted by molar-refractivity contribution is 6.00. The quantitative estimate of drug-likeness (QED) is 0.879. The van der Waals surface area contributed by atoms with Crippen molar-refractivity contribution < 1.29 is 14.7 Å². The first-order valence-corrected chi connectivity index (χ1v) is 6.91. The van der Waals surface area contributed by atoms with Gasteiger partial charge < -0.3 is 9.67 Å². The number of nitrogens with zero attached hydrogens (tertiary/aromatic N) is 1. The van der Waals surface area contributed by atoms with Gasteiger partial charge in [-0.3, -0.25) is 9.59 Å². The first-order chi connectivity index (χ1) is 10.0. The van der Waals surface area contributed by atoms with Crippen LogP contribution in [0.4, 0.5) is 0 Å². The van der Waals surface area contributed by atoms with E-state index < -0.39 is 11.4 Å². The van der Waals surface area contributed by atoms with Gasteiger partial charge in [-0.25, -0.2) is 4.79 Å². The third-order valence-corrected chi connectivity index (χ3v) is 4.27. The Morgan fingerprint density at radius 1 is 1.38 bits per heavy atom. The smallest absolute Gasteiger partial charge is 0.341 e. The van der Waals surface area contributed by atoms with Gasteiger partial charge in [0.25, 0.3) is 0 Å². The fourth-order valence-electron chi connectivity index (χ4n) is 2.83. The van der Waals surface area contributed by atoms with Crippen molar-refractivity contribution >= 4 is 23.2 Å². The van der Waals surface area contributed by atoms with E-state index in [0.29, 0.717) is 16.5 Å². The summed E-state index contributed by atoms with van der Waals surface area (Å²) in [4.78, 5) is 35.0. The molecule has 2 aromatic rings. The van der Waals surface area contributed by atoms with Crippen LogP contribution in [0.1, 0.15) is 51.6 Å². The topological polar surface area (TPSA) is 76.4 Å². The molecule has 1 fully saturated rings. The summed E-state index contributed by atoms with van der Waals surface area (Å²) in [6.45, 7) is 1.81. The second kappa shape index (κ2) is 4.84. The number of carbonyl (C=O) groups excluding carboxylic acids is 1. The second-order valence-electron chi connectivity index (χ2n) is 5.48. The second-order valence-corrected chi connectivity index (χ2v) is 5.48. The lowest BCUT2D eigenvalue weighted by molar-refractivity contribution is 0.0694. The van der Waals surface area contributed by atoms with Gasteiger partial charge in [-0.15, -0.1) is 0 Å². The lowest BCUT2D eigenvalue weighted by Crippen LogP contribution is -2.25. The molecule has 1 heterocycles. The number of carbonyl (C=O) groups is 2. The van der Waals surface area contributed by atoms with Gasteiger partial charge in [-0.05, 0) is 37.8 Å². The highest BCUT2D eigenvalue weighted by atomic mass is 16.4. The number of carboxylic acid groups (broad SMARTS) is 1. The average Bonchev–Trinajstić information content (AvgIpc) is 2.39. The summed E-state index contributed by atoms with van der Waals surface area (Å²) in [5, 5.41) is 9.52.